The lowest BCUT2D eigenvalue weighted by Crippen LogP contribution is -2.51. The van der Waals surface area contributed by atoms with Gasteiger partial charge in [-0.3, -0.25) is 14.4 Å². The average molecular weight is 607 g/mol. The molecule has 1 aliphatic rings. The molecule has 2 atom stereocenters. The molecule has 0 aliphatic carbocycles. The first-order chi connectivity index (χ1) is 21.0. The van der Waals surface area contributed by atoms with Gasteiger partial charge < -0.3 is 31.6 Å². The smallest absolute Gasteiger partial charge is 0.374 e. The first kappa shape index (κ1) is 30.6. The molecule has 2 heterocycles. The number of aromatic nitrogens is 1. The van der Waals surface area contributed by atoms with Crippen LogP contribution in [0.2, 0.25) is 0 Å². The Bertz CT molecular complexity index is 1690. The molecular weight excluding hydrogens is 573 g/mol. The highest BCUT2D eigenvalue weighted by Crippen LogP contribution is 2.37. The number of fused-ring (bicyclic) bond motifs is 5. The highest BCUT2D eigenvalue weighted by molar-refractivity contribution is 6.01. The number of hydrogen-bond donors (Lipinski definition) is 5. The lowest BCUT2D eigenvalue weighted by Gasteiger charge is -2.28. The van der Waals surface area contributed by atoms with Gasteiger partial charge in [0.25, 0.3) is 0 Å². The summed E-state index contributed by atoms with van der Waals surface area (Å²) in [7, 11) is 1.44. The molecule has 3 aromatic carbocycles. The minimum Gasteiger partial charge on any atom is -0.374 e. The second-order valence-corrected chi connectivity index (χ2v) is 10.8. The number of amides is 3. The molecule has 6 N–H and O–H groups in total. The number of carbonyl (C=O) groups is 3. The minimum absolute atomic E-state index is 0.0597. The summed E-state index contributed by atoms with van der Waals surface area (Å²) in [5.41, 5.74) is 7.67. The van der Waals surface area contributed by atoms with Crippen molar-refractivity contribution in [3.63, 3.8) is 0 Å². The highest BCUT2D eigenvalue weighted by atomic mass is 19.4. The summed E-state index contributed by atoms with van der Waals surface area (Å²) in [5.74, 6) is -1.65. The number of benzene rings is 3. The van der Waals surface area contributed by atoms with E-state index in [1.165, 1.54) is 18.0 Å². The van der Waals surface area contributed by atoms with Crippen LogP contribution in [0, 0.1) is 0 Å². The zero-order valence-corrected chi connectivity index (χ0v) is 24.0. The Hall–Kier alpha value is -4.84. The van der Waals surface area contributed by atoms with Gasteiger partial charge in [-0.1, -0.05) is 36.4 Å². The van der Waals surface area contributed by atoms with E-state index < -0.39 is 41.5 Å². The van der Waals surface area contributed by atoms with E-state index in [-0.39, 0.29) is 18.7 Å². The van der Waals surface area contributed by atoms with E-state index in [2.05, 4.69) is 20.9 Å². The van der Waals surface area contributed by atoms with Gasteiger partial charge in [0, 0.05) is 47.5 Å². The van der Waals surface area contributed by atoms with Crippen molar-refractivity contribution in [2.45, 2.75) is 37.5 Å². The lowest BCUT2D eigenvalue weighted by atomic mass is 9.99. The number of halogens is 3. The van der Waals surface area contributed by atoms with Gasteiger partial charge in [0.1, 0.15) is 12.1 Å². The van der Waals surface area contributed by atoms with Crippen molar-refractivity contribution in [3.8, 4) is 11.1 Å². The van der Waals surface area contributed by atoms with Gasteiger partial charge in [0.05, 0.1) is 12.1 Å². The molecule has 9 nitrogen and oxygen atoms in total. The molecule has 1 aromatic heterocycles. The zero-order valence-electron chi connectivity index (χ0n) is 24.0. The Labute approximate surface area is 252 Å². The largest absolute Gasteiger partial charge is 0.416 e. The molecule has 2 unspecified atom stereocenters. The number of aromatic amines is 1. The fraction of sp³-hybridized carbons (Fsp3) is 0.281. The van der Waals surface area contributed by atoms with Gasteiger partial charge in [-0.05, 0) is 60.8 Å². The number of carbonyl (C=O) groups excluding carboxylic acids is 3. The van der Waals surface area contributed by atoms with Crippen molar-refractivity contribution >= 4 is 40.0 Å². The van der Waals surface area contributed by atoms with Gasteiger partial charge >= 0.3 is 6.18 Å². The number of alkyl halides is 3. The Morgan fingerprint density at radius 1 is 0.977 bits per heavy atom. The van der Waals surface area contributed by atoms with Crippen molar-refractivity contribution in [2.75, 3.05) is 30.8 Å². The number of hydrogen-bond acceptors (Lipinski definition) is 5. The van der Waals surface area contributed by atoms with Gasteiger partial charge in [-0.2, -0.15) is 13.2 Å². The number of likely N-dealkylation sites (N-methyl/N-ethyl adjacent to an activating group) is 1. The first-order valence-corrected chi connectivity index (χ1v) is 14.2. The molecule has 5 rings (SSSR count). The van der Waals surface area contributed by atoms with E-state index in [9.17, 15) is 27.6 Å². The normalized spacial score (nSPS) is 18.1. The minimum atomic E-state index is -4.65. The summed E-state index contributed by atoms with van der Waals surface area (Å²) in [6.45, 7) is -0.0337. The number of rotatable bonds is 5. The monoisotopic (exact) mass is 606 g/mol. The maximum atomic E-state index is 13.9. The SMILES string of the molecule is CN1C(=O)CNC(=O)C(CCCN)Nc2cccc(c2)-c2ccc(C(F)(F)F)cc2NC(=O)C1Cc1c[nH]c2ccccc12. The third-order valence-electron chi connectivity index (χ3n) is 7.80. The van der Waals surface area contributed by atoms with E-state index in [1.807, 2.05) is 24.3 Å². The topological polar surface area (TPSA) is 132 Å². The fourth-order valence-corrected chi connectivity index (χ4v) is 5.36. The predicted octanol–water partition coefficient (Wildman–Crippen LogP) is 4.51. The summed E-state index contributed by atoms with van der Waals surface area (Å²) in [4.78, 5) is 44.9. The van der Waals surface area contributed by atoms with Crippen LogP contribution in [0.1, 0.15) is 24.0 Å². The van der Waals surface area contributed by atoms with E-state index in [1.54, 1.807) is 30.5 Å². The van der Waals surface area contributed by atoms with E-state index in [0.29, 0.717) is 36.2 Å². The molecule has 0 spiro atoms. The maximum absolute atomic E-state index is 13.9. The highest BCUT2D eigenvalue weighted by Gasteiger charge is 2.33. The Kier molecular flexibility index (Phi) is 8.91. The fourth-order valence-electron chi connectivity index (χ4n) is 5.36. The van der Waals surface area contributed by atoms with Crippen LogP contribution in [0.4, 0.5) is 24.5 Å². The second-order valence-electron chi connectivity index (χ2n) is 10.8. The van der Waals surface area contributed by atoms with Crippen molar-refractivity contribution < 1.29 is 27.6 Å². The summed E-state index contributed by atoms with van der Waals surface area (Å²) in [6, 6.07) is 15.6. The molecule has 0 radical (unpaired) electrons. The number of para-hydroxylation sites is 1. The average Bonchev–Trinajstić information content (AvgIpc) is 3.42. The molecule has 0 saturated carbocycles. The second kappa shape index (κ2) is 12.8. The first-order valence-electron chi connectivity index (χ1n) is 14.2. The van der Waals surface area contributed by atoms with Gasteiger partial charge in [-0.25, -0.2) is 0 Å². The Morgan fingerprint density at radius 2 is 1.77 bits per heavy atom. The number of H-pyrrole nitrogens is 1. The number of nitrogens with zero attached hydrogens (tertiary/aromatic N) is 1. The summed E-state index contributed by atoms with van der Waals surface area (Å²) >= 11 is 0. The molecule has 12 heteroatoms. The van der Waals surface area contributed by atoms with Crippen molar-refractivity contribution in [3.05, 3.63) is 84.1 Å². The number of nitrogens with two attached hydrogens (primary N) is 1. The van der Waals surface area contributed by atoms with Crippen LogP contribution >= 0.6 is 0 Å². The van der Waals surface area contributed by atoms with Crippen LogP contribution in [0.3, 0.4) is 0 Å². The van der Waals surface area contributed by atoms with Crippen LogP contribution in [-0.2, 0) is 27.0 Å². The van der Waals surface area contributed by atoms with E-state index in [4.69, 9.17) is 5.73 Å². The zero-order chi connectivity index (χ0) is 31.4. The third kappa shape index (κ3) is 6.70. The summed E-state index contributed by atoms with van der Waals surface area (Å²) in [6.07, 6.45) is -1.93. The Morgan fingerprint density at radius 3 is 2.55 bits per heavy atom. The van der Waals surface area contributed by atoms with Crippen molar-refractivity contribution in [1.29, 1.82) is 0 Å². The standard InChI is InChI=1S/C32H33F3N6O3/c1-41-28(15-20-17-37-25-9-3-2-8-23(20)25)31(44)40-27-16-21(32(33,34)35)11-12-24(27)19-6-4-7-22(14-19)39-26(10-5-13-36)30(43)38-18-29(41)42/h2-4,6-9,11-12,14,16-17,26,28,37,39H,5,10,13,15,18,36H2,1H3,(H,38,43)(H,40,44). The van der Waals surface area contributed by atoms with Gasteiger partial charge in [0.2, 0.25) is 17.7 Å². The molecule has 3 amide bonds. The summed E-state index contributed by atoms with van der Waals surface area (Å²) < 4.78 is 41.4. The molecule has 2 bridgehead atoms. The molecule has 4 aromatic rings. The van der Waals surface area contributed by atoms with E-state index in [0.717, 1.165) is 28.6 Å². The van der Waals surface area contributed by atoms with Gasteiger partial charge in [-0.15, -0.1) is 0 Å². The Balaban J connectivity index is 1.61. The lowest BCUT2D eigenvalue weighted by molar-refractivity contribution is -0.137. The molecule has 0 saturated heterocycles. The van der Waals surface area contributed by atoms with Crippen LogP contribution in [-0.4, -0.2) is 59.8 Å². The molecule has 230 valence electrons. The molecule has 0 fully saturated rings. The molecule has 44 heavy (non-hydrogen) atoms. The molecule has 1 aliphatic heterocycles. The maximum Gasteiger partial charge on any atom is 0.416 e. The van der Waals surface area contributed by atoms with Gasteiger partial charge in [0.15, 0.2) is 0 Å². The van der Waals surface area contributed by atoms with Crippen molar-refractivity contribution in [1.82, 2.24) is 15.2 Å². The van der Waals surface area contributed by atoms with Crippen LogP contribution < -0.4 is 21.7 Å². The number of anilines is 2. The van der Waals surface area contributed by atoms with E-state index >= 15 is 0 Å². The van der Waals surface area contributed by atoms with Crippen molar-refractivity contribution in [2.24, 2.45) is 5.73 Å². The molecular formula is C32H33F3N6O3. The third-order valence-corrected chi connectivity index (χ3v) is 7.80. The quantitative estimate of drug-likeness (QED) is 0.228. The number of nitrogens with one attached hydrogen (secondary N) is 4. The van der Waals surface area contributed by atoms with Crippen LogP contribution in [0.5, 0.6) is 0 Å². The predicted molar refractivity (Wildman–Crippen MR) is 163 cm³/mol. The summed E-state index contributed by atoms with van der Waals surface area (Å²) in [5, 5.41) is 9.37. The van der Waals surface area contributed by atoms with Crippen LogP contribution in [0.25, 0.3) is 22.0 Å². The van der Waals surface area contributed by atoms with Crippen LogP contribution in [0.15, 0.2) is 72.9 Å².